The third-order valence-electron chi connectivity index (χ3n) is 4.29. The highest BCUT2D eigenvalue weighted by molar-refractivity contribution is 6.08. The summed E-state index contributed by atoms with van der Waals surface area (Å²) in [4.78, 5) is 16.3. The fourth-order valence-electron chi connectivity index (χ4n) is 3.38. The average Bonchev–Trinajstić information content (AvgIpc) is 2.90. The first kappa shape index (κ1) is 13.8. The molecule has 0 unspecified atom stereocenters. The molecule has 0 saturated carbocycles. The number of aliphatic imine (C=N–C) groups is 1. The zero-order chi connectivity index (χ0) is 15.8. The molecule has 0 spiro atoms. The molecule has 0 bridgehead atoms. The number of aromatic nitrogens is 1. The Hall–Kier alpha value is -2.88. The Kier molecular flexibility index (Phi) is 3.23. The Morgan fingerprint density at radius 3 is 2.61 bits per heavy atom. The Balaban J connectivity index is 2.00. The van der Waals surface area contributed by atoms with E-state index in [0.29, 0.717) is 0 Å². The summed E-state index contributed by atoms with van der Waals surface area (Å²) >= 11 is 0. The lowest BCUT2D eigenvalue weighted by atomic mass is 10.0. The van der Waals surface area contributed by atoms with Gasteiger partial charge in [-0.15, -0.1) is 0 Å². The molecule has 4 rings (SSSR count). The Morgan fingerprint density at radius 1 is 1.09 bits per heavy atom. The molecule has 114 valence electrons. The van der Waals surface area contributed by atoms with E-state index in [0.717, 1.165) is 46.5 Å². The minimum atomic E-state index is -0.298. The topological polar surface area (TPSA) is 60.4 Å². The highest BCUT2D eigenvalue weighted by Crippen LogP contribution is 2.30. The first-order valence-corrected chi connectivity index (χ1v) is 7.75. The number of benzene rings is 2. The van der Waals surface area contributed by atoms with Gasteiger partial charge in [-0.05, 0) is 11.6 Å². The lowest BCUT2D eigenvalue weighted by Gasteiger charge is -2.19. The quantitative estimate of drug-likeness (QED) is 0.794. The van der Waals surface area contributed by atoms with Crippen molar-refractivity contribution in [2.45, 2.75) is 12.8 Å². The van der Waals surface area contributed by atoms with Crippen LogP contribution in [-0.2, 0) is 17.6 Å². The van der Waals surface area contributed by atoms with Crippen LogP contribution in [0.4, 0.5) is 0 Å². The number of rotatable bonds is 3. The summed E-state index contributed by atoms with van der Waals surface area (Å²) in [5, 5.41) is 1.09. The monoisotopic (exact) mass is 303 g/mol. The molecule has 2 heterocycles. The molecular formula is C19H17N3O. The van der Waals surface area contributed by atoms with E-state index in [9.17, 15) is 4.79 Å². The molecule has 1 aliphatic heterocycles. The van der Waals surface area contributed by atoms with Gasteiger partial charge in [0.2, 0.25) is 5.91 Å². The van der Waals surface area contributed by atoms with Crippen molar-refractivity contribution in [2.24, 2.45) is 10.7 Å². The van der Waals surface area contributed by atoms with Crippen molar-refractivity contribution in [3.8, 4) is 0 Å². The molecule has 4 heteroatoms. The maximum Gasteiger partial charge on any atom is 0.221 e. The third-order valence-corrected chi connectivity index (χ3v) is 4.29. The lowest BCUT2D eigenvalue weighted by Crippen LogP contribution is -2.23. The van der Waals surface area contributed by atoms with Gasteiger partial charge >= 0.3 is 0 Å². The number of primary amides is 1. The van der Waals surface area contributed by atoms with Crippen LogP contribution >= 0.6 is 0 Å². The largest absolute Gasteiger partial charge is 0.369 e. The van der Waals surface area contributed by atoms with Crippen molar-refractivity contribution in [3.63, 3.8) is 0 Å². The fourth-order valence-corrected chi connectivity index (χ4v) is 3.38. The van der Waals surface area contributed by atoms with Crippen molar-refractivity contribution in [2.75, 3.05) is 6.54 Å². The van der Waals surface area contributed by atoms with Gasteiger partial charge in [-0.1, -0.05) is 48.5 Å². The van der Waals surface area contributed by atoms with Crippen LogP contribution < -0.4 is 5.73 Å². The molecule has 2 N–H and O–H groups in total. The zero-order valence-corrected chi connectivity index (χ0v) is 12.7. The lowest BCUT2D eigenvalue weighted by molar-refractivity contribution is -0.117. The van der Waals surface area contributed by atoms with Crippen LogP contribution in [0.5, 0.6) is 0 Å². The van der Waals surface area contributed by atoms with E-state index in [1.165, 1.54) is 0 Å². The number of nitrogens with zero attached hydrogens (tertiary/aromatic N) is 2. The first-order chi connectivity index (χ1) is 11.3. The van der Waals surface area contributed by atoms with E-state index in [2.05, 4.69) is 28.8 Å². The summed E-state index contributed by atoms with van der Waals surface area (Å²) in [6.07, 6.45) is 1.10. The molecule has 0 fully saturated rings. The molecular weight excluding hydrogens is 286 g/mol. The molecule has 0 radical (unpaired) electrons. The molecule has 2 aromatic carbocycles. The molecule has 23 heavy (non-hydrogen) atoms. The van der Waals surface area contributed by atoms with Crippen LogP contribution in [0.25, 0.3) is 10.9 Å². The molecule has 4 nitrogen and oxygen atoms in total. The smallest absolute Gasteiger partial charge is 0.221 e. The number of hydrogen-bond donors (Lipinski definition) is 1. The van der Waals surface area contributed by atoms with Gasteiger partial charge < -0.3 is 5.73 Å². The summed E-state index contributed by atoms with van der Waals surface area (Å²) in [7, 11) is 0. The highest BCUT2D eigenvalue weighted by atomic mass is 16.1. The minimum Gasteiger partial charge on any atom is -0.369 e. The van der Waals surface area contributed by atoms with Gasteiger partial charge in [0.25, 0.3) is 0 Å². The van der Waals surface area contributed by atoms with E-state index < -0.39 is 0 Å². The van der Waals surface area contributed by atoms with E-state index in [-0.39, 0.29) is 12.3 Å². The standard InChI is InChI=1S/C19H17N3O/c20-18(23)12-15-14-8-4-5-9-16(14)22-17(15)10-11-21-19(22)13-6-2-1-3-7-13/h1-9H,10-12H2,(H2,20,23). The van der Waals surface area contributed by atoms with Crippen LogP contribution in [0, 0.1) is 0 Å². The Labute approximate surface area is 134 Å². The van der Waals surface area contributed by atoms with Crippen molar-refractivity contribution in [1.82, 2.24) is 4.57 Å². The van der Waals surface area contributed by atoms with Crippen LogP contribution in [0.2, 0.25) is 0 Å². The molecule has 0 saturated heterocycles. The van der Waals surface area contributed by atoms with Crippen LogP contribution in [0.3, 0.4) is 0 Å². The van der Waals surface area contributed by atoms with Crippen molar-refractivity contribution in [1.29, 1.82) is 0 Å². The molecule has 0 atom stereocenters. The number of carbonyl (C=O) groups is 1. The molecule has 1 aliphatic rings. The maximum atomic E-state index is 11.5. The van der Waals surface area contributed by atoms with Gasteiger partial charge in [-0.2, -0.15) is 0 Å². The number of para-hydroxylation sites is 1. The van der Waals surface area contributed by atoms with E-state index in [1.807, 2.05) is 30.3 Å². The first-order valence-electron chi connectivity index (χ1n) is 7.75. The number of amides is 1. The van der Waals surface area contributed by atoms with E-state index in [1.54, 1.807) is 0 Å². The minimum absolute atomic E-state index is 0.269. The maximum absolute atomic E-state index is 11.5. The Morgan fingerprint density at radius 2 is 1.83 bits per heavy atom. The van der Waals surface area contributed by atoms with Crippen molar-refractivity contribution < 1.29 is 4.79 Å². The summed E-state index contributed by atoms with van der Waals surface area (Å²) < 4.78 is 2.19. The SMILES string of the molecule is NC(=O)Cc1c2n(c3ccccc13)C(c1ccccc1)=NCC2. The number of nitrogens with two attached hydrogens (primary N) is 1. The number of carbonyl (C=O) groups excluding carboxylic acids is 1. The molecule has 1 aromatic heterocycles. The van der Waals surface area contributed by atoms with Crippen LogP contribution in [-0.4, -0.2) is 22.9 Å². The summed E-state index contributed by atoms with van der Waals surface area (Å²) in [6.45, 7) is 0.728. The van der Waals surface area contributed by atoms with Gasteiger partial charge in [0.15, 0.2) is 0 Å². The van der Waals surface area contributed by atoms with E-state index in [4.69, 9.17) is 10.7 Å². The van der Waals surface area contributed by atoms with Crippen LogP contribution in [0.15, 0.2) is 59.6 Å². The average molecular weight is 303 g/mol. The van der Waals surface area contributed by atoms with Gasteiger partial charge in [0.1, 0.15) is 5.84 Å². The Bertz CT molecular complexity index is 922. The third kappa shape index (κ3) is 2.23. The van der Waals surface area contributed by atoms with E-state index >= 15 is 0 Å². The number of hydrogen-bond acceptors (Lipinski definition) is 2. The second kappa shape index (κ2) is 5.39. The highest BCUT2D eigenvalue weighted by Gasteiger charge is 2.23. The molecule has 3 aromatic rings. The second-order valence-corrected chi connectivity index (χ2v) is 5.74. The summed E-state index contributed by atoms with van der Waals surface area (Å²) in [5.74, 6) is 0.645. The fraction of sp³-hybridized carbons (Fsp3) is 0.158. The van der Waals surface area contributed by atoms with Gasteiger partial charge in [-0.25, -0.2) is 0 Å². The molecule has 1 amide bonds. The summed E-state index contributed by atoms with van der Waals surface area (Å²) in [5.41, 5.74) is 9.83. The second-order valence-electron chi connectivity index (χ2n) is 5.74. The predicted molar refractivity (Wildman–Crippen MR) is 91.8 cm³/mol. The predicted octanol–water partition coefficient (Wildman–Crippen LogP) is 2.52. The molecule has 0 aliphatic carbocycles. The number of fused-ring (bicyclic) bond motifs is 3. The summed E-state index contributed by atoms with van der Waals surface area (Å²) in [6, 6.07) is 18.3. The van der Waals surface area contributed by atoms with Gasteiger partial charge in [-0.3, -0.25) is 14.4 Å². The zero-order valence-electron chi connectivity index (χ0n) is 12.7. The van der Waals surface area contributed by atoms with Gasteiger partial charge in [0.05, 0.1) is 11.9 Å². The van der Waals surface area contributed by atoms with Gasteiger partial charge in [0, 0.05) is 29.6 Å². The van der Waals surface area contributed by atoms with Crippen molar-refractivity contribution in [3.05, 3.63) is 71.4 Å². The van der Waals surface area contributed by atoms with Crippen molar-refractivity contribution >= 4 is 22.6 Å². The van der Waals surface area contributed by atoms with Crippen LogP contribution in [0.1, 0.15) is 16.8 Å². The normalized spacial score (nSPS) is 13.7.